The van der Waals surface area contributed by atoms with E-state index >= 15 is 0 Å². The van der Waals surface area contributed by atoms with Crippen LogP contribution in [0.5, 0.6) is 5.75 Å². The zero-order valence-corrected chi connectivity index (χ0v) is 12.1. The fourth-order valence-electron chi connectivity index (χ4n) is 1.32. The standard InChI is InChI=1S/C13H18O5S/c1-10(2)19(15,16)9-8-18-12-6-4-11(5-7-12)13(14)17-3/h4-7,10H,8-9H2,1-3H3. The Morgan fingerprint density at radius 1 is 1.21 bits per heavy atom. The second-order valence-electron chi connectivity index (χ2n) is 4.28. The average Bonchev–Trinajstić information content (AvgIpc) is 2.38. The minimum absolute atomic E-state index is 0.0244. The van der Waals surface area contributed by atoms with Gasteiger partial charge in [0.25, 0.3) is 0 Å². The fraction of sp³-hybridized carbons (Fsp3) is 0.462. The number of hydrogen-bond acceptors (Lipinski definition) is 5. The summed E-state index contributed by atoms with van der Waals surface area (Å²) in [6, 6.07) is 6.35. The highest BCUT2D eigenvalue weighted by Gasteiger charge is 2.15. The minimum Gasteiger partial charge on any atom is -0.493 e. The Morgan fingerprint density at radius 2 is 1.79 bits per heavy atom. The highest BCUT2D eigenvalue weighted by molar-refractivity contribution is 7.91. The van der Waals surface area contributed by atoms with E-state index in [1.54, 1.807) is 38.1 Å². The van der Waals surface area contributed by atoms with Crippen molar-refractivity contribution in [3.8, 4) is 5.75 Å². The van der Waals surface area contributed by atoms with Crippen molar-refractivity contribution < 1.29 is 22.7 Å². The van der Waals surface area contributed by atoms with Gasteiger partial charge in [-0.2, -0.15) is 0 Å². The van der Waals surface area contributed by atoms with E-state index in [1.165, 1.54) is 7.11 Å². The van der Waals surface area contributed by atoms with Crippen molar-refractivity contribution in [2.24, 2.45) is 0 Å². The third-order valence-corrected chi connectivity index (χ3v) is 4.80. The third-order valence-electron chi connectivity index (χ3n) is 2.63. The molecule has 0 heterocycles. The lowest BCUT2D eigenvalue weighted by atomic mass is 10.2. The number of sulfone groups is 1. The molecule has 0 N–H and O–H groups in total. The van der Waals surface area contributed by atoms with E-state index in [1.807, 2.05) is 0 Å². The predicted molar refractivity (Wildman–Crippen MR) is 72.2 cm³/mol. The van der Waals surface area contributed by atoms with E-state index in [0.717, 1.165) is 0 Å². The van der Waals surface area contributed by atoms with Crippen molar-refractivity contribution in [1.29, 1.82) is 0 Å². The summed E-state index contributed by atoms with van der Waals surface area (Å²) in [5, 5.41) is -0.405. The SMILES string of the molecule is COC(=O)c1ccc(OCCS(=O)(=O)C(C)C)cc1. The largest absolute Gasteiger partial charge is 0.493 e. The van der Waals surface area contributed by atoms with Gasteiger partial charge in [0, 0.05) is 0 Å². The van der Waals surface area contributed by atoms with Crippen LogP contribution in [0.25, 0.3) is 0 Å². The van der Waals surface area contributed by atoms with Crippen molar-refractivity contribution in [3.05, 3.63) is 29.8 Å². The van der Waals surface area contributed by atoms with E-state index in [0.29, 0.717) is 11.3 Å². The van der Waals surface area contributed by atoms with Gasteiger partial charge >= 0.3 is 5.97 Å². The summed E-state index contributed by atoms with van der Waals surface area (Å²) >= 11 is 0. The molecule has 0 saturated carbocycles. The molecule has 0 aliphatic carbocycles. The van der Waals surface area contributed by atoms with Crippen molar-refractivity contribution in [1.82, 2.24) is 0 Å². The van der Waals surface area contributed by atoms with Gasteiger partial charge in [0.1, 0.15) is 12.4 Å². The Labute approximate surface area is 113 Å². The molecule has 0 bridgehead atoms. The van der Waals surface area contributed by atoms with Gasteiger partial charge in [0.15, 0.2) is 9.84 Å². The maximum absolute atomic E-state index is 11.6. The van der Waals surface area contributed by atoms with Crippen molar-refractivity contribution >= 4 is 15.8 Å². The number of methoxy groups -OCH3 is 1. The summed E-state index contributed by atoms with van der Waals surface area (Å²) in [4.78, 5) is 11.2. The fourth-order valence-corrected chi connectivity index (χ4v) is 2.10. The second-order valence-corrected chi connectivity index (χ2v) is 6.96. The molecule has 19 heavy (non-hydrogen) atoms. The van der Waals surface area contributed by atoms with E-state index in [2.05, 4.69) is 4.74 Å². The van der Waals surface area contributed by atoms with Crippen LogP contribution in [0.15, 0.2) is 24.3 Å². The van der Waals surface area contributed by atoms with Crippen molar-refractivity contribution in [2.45, 2.75) is 19.1 Å². The summed E-state index contributed by atoms with van der Waals surface area (Å²) in [6.45, 7) is 3.37. The summed E-state index contributed by atoms with van der Waals surface area (Å²) in [5.41, 5.74) is 0.421. The van der Waals surface area contributed by atoms with Crippen LogP contribution in [0.3, 0.4) is 0 Å². The van der Waals surface area contributed by atoms with Crippen molar-refractivity contribution in [3.63, 3.8) is 0 Å². The molecule has 0 aliphatic rings. The molecule has 5 nitrogen and oxygen atoms in total. The quantitative estimate of drug-likeness (QED) is 0.744. The summed E-state index contributed by atoms with van der Waals surface area (Å²) in [5.74, 6) is 0.0733. The summed E-state index contributed by atoms with van der Waals surface area (Å²) in [6.07, 6.45) is 0. The topological polar surface area (TPSA) is 69.7 Å². The van der Waals surface area contributed by atoms with Crippen LogP contribution in [-0.2, 0) is 14.6 Å². The maximum atomic E-state index is 11.6. The number of ether oxygens (including phenoxy) is 2. The summed E-state index contributed by atoms with van der Waals surface area (Å²) < 4.78 is 33.0. The highest BCUT2D eigenvalue weighted by Crippen LogP contribution is 2.13. The molecule has 0 fully saturated rings. The molecule has 1 rings (SSSR count). The Bertz CT molecular complexity index is 516. The molecule has 1 aromatic rings. The van der Waals surface area contributed by atoms with Gasteiger partial charge in [-0.15, -0.1) is 0 Å². The smallest absolute Gasteiger partial charge is 0.337 e. The minimum atomic E-state index is -3.09. The number of rotatable bonds is 6. The van der Waals surface area contributed by atoms with Crippen LogP contribution in [0.1, 0.15) is 24.2 Å². The van der Waals surface area contributed by atoms with Crippen molar-refractivity contribution in [2.75, 3.05) is 19.5 Å². The van der Waals surface area contributed by atoms with Crippen LogP contribution in [0, 0.1) is 0 Å². The van der Waals surface area contributed by atoms with Gasteiger partial charge in [0.05, 0.1) is 23.7 Å². The van der Waals surface area contributed by atoms with Gasteiger partial charge in [0.2, 0.25) is 0 Å². The highest BCUT2D eigenvalue weighted by atomic mass is 32.2. The molecular formula is C13H18O5S. The lowest BCUT2D eigenvalue weighted by Gasteiger charge is -2.09. The Kier molecular flexibility index (Phi) is 5.35. The molecule has 0 unspecified atom stereocenters. The molecule has 0 aliphatic heterocycles. The van der Waals surface area contributed by atoms with Crippen LogP contribution in [-0.4, -0.2) is 39.1 Å². The molecule has 0 spiro atoms. The number of benzene rings is 1. The molecule has 106 valence electrons. The number of carbonyl (C=O) groups excluding carboxylic acids is 1. The van der Waals surface area contributed by atoms with E-state index in [9.17, 15) is 13.2 Å². The van der Waals surface area contributed by atoms with Gasteiger partial charge < -0.3 is 9.47 Å². The predicted octanol–water partition coefficient (Wildman–Crippen LogP) is 1.68. The van der Waals surface area contributed by atoms with Gasteiger partial charge in [-0.25, -0.2) is 13.2 Å². The van der Waals surface area contributed by atoms with Crippen LogP contribution in [0.4, 0.5) is 0 Å². The lowest BCUT2D eigenvalue weighted by Crippen LogP contribution is -2.22. The van der Waals surface area contributed by atoms with Gasteiger partial charge in [-0.1, -0.05) is 0 Å². The Balaban J connectivity index is 2.54. The van der Waals surface area contributed by atoms with Gasteiger partial charge in [-0.3, -0.25) is 0 Å². The Hall–Kier alpha value is -1.56. The lowest BCUT2D eigenvalue weighted by molar-refractivity contribution is 0.0600. The average molecular weight is 286 g/mol. The first-order valence-corrected chi connectivity index (χ1v) is 7.61. The first-order valence-electron chi connectivity index (χ1n) is 5.89. The normalized spacial score (nSPS) is 11.4. The first kappa shape index (κ1) is 15.5. The molecule has 1 aromatic carbocycles. The number of hydrogen-bond donors (Lipinski definition) is 0. The zero-order chi connectivity index (χ0) is 14.5. The van der Waals surface area contributed by atoms with E-state index < -0.39 is 21.1 Å². The molecule has 0 radical (unpaired) electrons. The molecular weight excluding hydrogens is 268 g/mol. The molecule has 0 amide bonds. The molecule has 0 saturated heterocycles. The second kappa shape index (κ2) is 6.56. The Morgan fingerprint density at radius 3 is 2.26 bits per heavy atom. The van der Waals surface area contributed by atoms with E-state index in [4.69, 9.17) is 4.74 Å². The maximum Gasteiger partial charge on any atom is 0.337 e. The van der Waals surface area contributed by atoms with E-state index in [-0.39, 0.29) is 12.4 Å². The van der Waals surface area contributed by atoms with Crippen LogP contribution < -0.4 is 4.74 Å². The summed E-state index contributed by atoms with van der Waals surface area (Å²) in [7, 11) is -1.78. The molecule has 6 heteroatoms. The monoisotopic (exact) mass is 286 g/mol. The first-order chi connectivity index (χ1) is 8.86. The number of carbonyl (C=O) groups is 1. The zero-order valence-electron chi connectivity index (χ0n) is 11.3. The molecule has 0 atom stereocenters. The number of esters is 1. The third kappa shape index (κ3) is 4.55. The van der Waals surface area contributed by atoms with Crippen LogP contribution >= 0.6 is 0 Å². The van der Waals surface area contributed by atoms with Crippen LogP contribution in [0.2, 0.25) is 0 Å². The molecule has 0 aromatic heterocycles. The van der Waals surface area contributed by atoms with Gasteiger partial charge in [-0.05, 0) is 38.1 Å².